The Kier molecular flexibility index (Phi) is 7.07. The van der Waals surface area contributed by atoms with E-state index in [1.807, 2.05) is 29.2 Å². The number of fused-ring (bicyclic) bond motifs is 1. The van der Waals surface area contributed by atoms with Crippen molar-refractivity contribution < 1.29 is 17.9 Å². The van der Waals surface area contributed by atoms with Gasteiger partial charge in [-0.25, -0.2) is 4.98 Å². The van der Waals surface area contributed by atoms with Crippen molar-refractivity contribution in [3.05, 3.63) is 47.2 Å². The third kappa shape index (κ3) is 5.84. The fraction of sp³-hybridized carbons (Fsp3) is 0.476. The number of hydrogen-bond acceptors (Lipinski definition) is 6. The van der Waals surface area contributed by atoms with Crippen molar-refractivity contribution in [3.63, 3.8) is 0 Å². The fourth-order valence-corrected chi connectivity index (χ4v) is 3.98. The summed E-state index contributed by atoms with van der Waals surface area (Å²) in [5, 5.41) is 5.92. The zero-order valence-corrected chi connectivity index (χ0v) is 18.3. The number of rotatable bonds is 5. The van der Waals surface area contributed by atoms with E-state index in [0.29, 0.717) is 32.8 Å². The second-order valence-corrected chi connectivity index (χ2v) is 8.12. The van der Waals surface area contributed by atoms with Crippen LogP contribution < -0.4 is 15.5 Å². The summed E-state index contributed by atoms with van der Waals surface area (Å²) in [7, 11) is 0. The fourth-order valence-electron chi connectivity index (χ4n) is 3.79. The molecule has 0 radical (unpaired) electrons. The predicted octanol–water partition coefficient (Wildman–Crippen LogP) is 2.68. The Morgan fingerprint density at radius 3 is 2.59 bits per heavy atom. The number of halogens is 3. The molecule has 3 heterocycles. The Balaban J connectivity index is 1.44. The van der Waals surface area contributed by atoms with Gasteiger partial charge in [0.2, 0.25) is 5.95 Å². The summed E-state index contributed by atoms with van der Waals surface area (Å²) < 4.78 is 45.8. The highest BCUT2D eigenvalue weighted by Crippen LogP contribution is 2.32. The molecular weight excluding hydrogens is 441 g/mol. The predicted molar refractivity (Wildman–Crippen MR) is 120 cm³/mol. The largest absolute Gasteiger partial charge is 0.433 e. The van der Waals surface area contributed by atoms with Crippen LogP contribution in [0.5, 0.6) is 0 Å². The topological polar surface area (TPSA) is 65.6 Å². The zero-order chi connectivity index (χ0) is 22.6. The molecule has 2 N–H and O–H groups in total. The van der Waals surface area contributed by atoms with Crippen LogP contribution in [-0.2, 0) is 23.9 Å². The Hall–Kier alpha value is -2.50. The quantitative estimate of drug-likeness (QED) is 0.653. The van der Waals surface area contributed by atoms with E-state index >= 15 is 0 Å². The van der Waals surface area contributed by atoms with Crippen molar-refractivity contribution in [1.29, 1.82) is 0 Å². The number of ether oxygens (including phenoxy) is 1. The molecular formula is C21H25F3N6OS. The second-order valence-electron chi connectivity index (χ2n) is 7.71. The summed E-state index contributed by atoms with van der Waals surface area (Å²) in [6, 6.07) is 8.92. The van der Waals surface area contributed by atoms with E-state index in [2.05, 4.69) is 25.5 Å². The van der Waals surface area contributed by atoms with Crippen molar-refractivity contribution in [2.24, 2.45) is 0 Å². The number of benzene rings is 1. The minimum atomic E-state index is -4.59. The first-order valence-electron chi connectivity index (χ1n) is 10.5. The highest BCUT2D eigenvalue weighted by atomic mass is 32.1. The summed E-state index contributed by atoms with van der Waals surface area (Å²) in [4.78, 5) is 12.0. The Bertz CT molecular complexity index is 951. The SMILES string of the molecule is FC(F)(F)c1cc(N2CCc3ccccc3C2)nc(NC(=S)NCCN2CCOCC2)n1. The first-order chi connectivity index (χ1) is 15.4. The molecule has 0 atom stereocenters. The zero-order valence-electron chi connectivity index (χ0n) is 17.5. The lowest BCUT2D eigenvalue weighted by Gasteiger charge is -2.30. The normalized spacial score (nSPS) is 17.0. The molecule has 2 aliphatic heterocycles. The molecule has 0 spiro atoms. The van der Waals surface area contributed by atoms with Gasteiger partial charge < -0.3 is 20.3 Å². The lowest BCUT2D eigenvalue weighted by molar-refractivity contribution is -0.141. The maximum Gasteiger partial charge on any atom is 0.433 e. The summed E-state index contributed by atoms with van der Waals surface area (Å²) >= 11 is 5.25. The molecule has 2 aromatic rings. The van der Waals surface area contributed by atoms with Crippen LogP contribution in [0, 0.1) is 0 Å². The second kappa shape index (κ2) is 9.97. The molecule has 1 aromatic carbocycles. The Labute approximate surface area is 190 Å². The number of nitrogens with one attached hydrogen (secondary N) is 2. The van der Waals surface area contributed by atoms with Gasteiger partial charge in [0.15, 0.2) is 10.8 Å². The number of aromatic nitrogens is 2. The number of hydrogen-bond donors (Lipinski definition) is 2. The van der Waals surface area contributed by atoms with Gasteiger partial charge in [-0.15, -0.1) is 0 Å². The van der Waals surface area contributed by atoms with Crippen LogP contribution >= 0.6 is 12.2 Å². The van der Waals surface area contributed by atoms with Gasteiger partial charge in [-0.3, -0.25) is 4.90 Å². The molecule has 7 nitrogen and oxygen atoms in total. The van der Waals surface area contributed by atoms with Crippen LogP contribution in [0.2, 0.25) is 0 Å². The lowest BCUT2D eigenvalue weighted by Crippen LogP contribution is -2.42. The smallest absolute Gasteiger partial charge is 0.379 e. The van der Waals surface area contributed by atoms with Crippen LogP contribution in [0.15, 0.2) is 30.3 Å². The minimum absolute atomic E-state index is 0.169. The lowest BCUT2D eigenvalue weighted by atomic mass is 10.00. The molecule has 1 fully saturated rings. The van der Waals surface area contributed by atoms with Crippen molar-refractivity contribution in [2.45, 2.75) is 19.1 Å². The molecule has 0 aliphatic carbocycles. The van der Waals surface area contributed by atoms with Crippen molar-refractivity contribution in [2.75, 3.05) is 56.2 Å². The Morgan fingerprint density at radius 2 is 1.84 bits per heavy atom. The van der Waals surface area contributed by atoms with E-state index in [9.17, 15) is 13.2 Å². The van der Waals surface area contributed by atoms with E-state index < -0.39 is 11.9 Å². The van der Waals surface area contributed by atoms with Crippen molar-refractivity contribution in [1.82, 2.24) is 20.2 Å². The summed E-state index contributed by atoms with van der Waals surface area (Å²) in [6.07, 6.45) is -3.85. The average molecular weight is 467 g/mol. The van der Waals surface area contributed by atoms with Crippen LogP contribution in [0.4, 0.5) is 24.9 Å². The molecule has 2 aliphatic rings. The van der Waals surface area contributed by atoms with Gasteiger partial charge >= 0.3 is 6.18 Å². The van der Waals surface area contributed by atoms with Gasteiger partial charge in [0.05, 0.1) is 13.2 Å². The Morgan fingerprint density at radius 1 is 1.09 bits per heavy atom. The third-order valence-corrected chi connectivity index (χ3v) is 5.75. The standard InChI is InChI=1S/C21H25F3N6OS/c22-21(23,24)17-13-18(30-7-5-15-3-1-2-4-16(15)14-30)27-19(26-17)28-20(32)25-6-8-29-9-11-31-12-10-29/h1-4,13H,5-12,14H2,(H2,25,26,27,28,32). The highest BCUT2D eigenvalue weighted by Gasteiger charge is 2.34. The van der Waals surface area contributed by atoms with Gasteiger partial charge in [-0.2, -0.15) is 18.2 Å². The van der Waals surface area contributed by atoms with E-state index in [4.69, 9.17) is 17.0 Å². The molecule has 11 heteroatoms. The van der Waals surface area contributed by atoms with E-state index in [1.54, 1.807) is 0 Å². The van der Waals surface area contributed by atoms with Gasteiger partial charge in [-0.1, -0.05) is 24.3 Å². The van der Waals surface area contributed by atoms with Crippen LogP contribution in [0.25, 0.3) is 0 Å². The van der Waals surface area contributed by atoms with E-state index in [1.165, 1.54) is 5.56 Å². The van der Waals surface area contributed by atoms with Crippen LogP contribution in [-0.4, -0.2) is 65.9 Å². The molecule has 0 bridgehead atoms. The van der Waals surface area contributed by atoms with Gasteiger partial charge in [-0.05, 0) is 29.8 Å². The first-order valence-corrected chi connectivity index (χ1v) is 10.9. The summed E-state index contributed by atoms with van der Waals surface area (Å²) in [5.74, 6) is 0.0537. The molecule has 4 rings (SSSR count). The minimum Gasteiger partial charge on any atom is -0.379 e. The average Bonchev–Trinajstić information content (AvgIpc) is 2.78. The highest BCUT2D eigenvalue weighted by molar-refractivity contribution is 7.80. The van der Waals surface area contributed by atoms with E-state index in [0.717, 1.165) is 37.7 Å². The van der Waals surface area contributed by atoms with Crippen LogP contribution in [0.3, 0.4) is 0 Å². The van der Waals surface area contributed by atoms with Crippen LogP contribution in [0.1, 0.15) is 16.8 Å². The number of anilines is 2. The molecule has 1 aromatic heterocycles. The maximum atomic E-state index is 13.5. The molecule has 0 amide bonds. The van der Waals surface area contributed by atoms with Gasteiger partial charge in [0.1, 0.15) is 5.82 Å². The summed E-state index contributed by atoms with van der Waals surface area (Å²) in [5.41, 5.74) is 1.29. The van der Waals surface area contributed by atoms with Gasteiger partial charge in [0.25, 0.3) is 0 Å². The monoisotopic (exact) mass is 466 g/mol. The first kappa shape index (κ1) is 22.7. The number of thiocarbonyl (C=S) groups is 1. The molecule has 32 heavy (non-hydrogen) atoms. The molecule has 0 saturated carbocycles. The molecule has 1 saturated heterocycles. The number of morpholine rings is 1. The van der Waals surface area contributed by atoms with Gasteiger partial charge in [0, 0.05) is 45.3 Å². The number of alkyl halides is 3. The molecule has 0 unspecified atom stereocenters. The van der Waals surface area contributed by atoms with Crippen molar-refractivity contribution in [3.8, 4) is 0 Å². The summed E-state index contributed by atoms with van der Waals surface area (Å²) in [6.45, 7) is 5.48. The molecule has 172 valence electrons. The van der Waals surface area contributed by atoms with E-state index in [-0.39, 0.29) is 16.9 Å². The maximum absolute atomic E-state index is 13.5. The number of nitrogens with zero attached hydrogens (tertiary/aromatic N) is 4. The van der Waals surface area contributed by atoms with Crippen molar-refractivity contribution >= 4 is 29.1 Å². The third-order valence-electron chi connectivity index (χ3n) is 5.50.